The van der Waals surface area contributed by atoms with Gasteiger partial charge in [0.15, 0.2) is 0 Å². The zero-order valence-electron chi connectivity index (χ0n) is 14.1. The standard InChI is InChI=1S/C20H22N2O/c1-12-10-13(2)18(14(3)11-12)20(23)22-15(4)8-9-16-6-5-7-17(21)19(16)22/h5-11,15H,21H2,1-4H3. The Morgan fingerprint density at radius 2 is 1.78 bits per heavy atom. The summed E-state index contributed by atoms with van der Waals surface area (Å²) in [6.45, 7) is 8.05. The van der Waals surface area contributed by atoms with Gasteiger partial charge in [0.05, 0.1) is 17.4 Å². The normalized spacial score (nSPS) is 16.3. The number of para-hydroxylation sites is 1. The average molecular weight is 306 g/mol. The molecule has 0 spiro atoms. The third-order valence-corrected chi connectivity index (χ3v) is 4.41. The van der Waals surface area contributed by atoms with Crippen LogP contribution in [0.5, 0.6) is 0 Å². The molecule has 2 aromatic rings. The molecule has 0 aromatic heterocycles. The minimum atomic E-state index is -0.0280. The van der Waals surface area contributed by atoms with Gasteiger partial charge in [0, 0.05) is 11.1 Å². The van der Waals surface area contributed by atoms with Crippen LogP contribution in [0.2, 0.25) is 0 Å². The average Bonchev–Trinajstić information content (AvgIpc) is 2.46. The van der Waals surface area contributed by atoms with Crippen molar-refractivity contribution in [2.75, 3.05) is 10.6 Å². The van der Waals surface area contributed by atoms with Crippen LogP contribution >= 0.6 is 0 Å². The first-order valence-corrected chi connectivity index (χ1v) is 7.88. The maximum atomic E-state index is 13.3. The highest BCUT2D eigenvalue weighted by atomic mass is 16.2. The van der Waals surface area contributed by atoms with E-state index in [1.807, 2.05) is 62.9 Å². The molecule has 3 rings (SSSR count). The Morgan fingerprint density at radius 3 is 2.43 bits per heavy atom. The molecule has 3 heteroatoms. The second-order valence-electron chi connectivity index (χ2n) is 6.33. The van der Waals surface area contributed by atoms with Crippen LogP contribution in [0.3, 0.4) is 0 Å². The van der Waals surface area contributed by atoms with E-state index in [0.29, 0.717) is 5.69 Å². The van der Waals surface area contributed by atoms with Gasteiger partial charge in [-0.1, -0.05) is 42.0 Å². The summed E-state index contributed by atoms with van der Waals surface area (Å²) in [5, 5.41) is 0. The lowest BCUT2D eigenvalue weighted by molar-refractivity contribution is 0.0981. The quantitative estimate of drug-likeness (QED) is 0.800. The van der Waals surface area contributed by atoms with Crippen molar-refractivity contribution in [2.24, 2.45) is 0 Å². The molecule has 2 N–H and O–H groups in total. The van der Waals surface area contributed by atoms with Gasteiger partial charge in [-0.25, -0.2) is 0 Å². The number of anilines is 2. The smallest absolute Gasteiger partial charge is 0.259 e. The van der Waals surface area contributed by atoms with E-state index in [-0.39, 0.29) is 11.9 Å². The molecule has 3 nitrogen and oxygen atoms in total. The molecule has 0 saturated carbocycles. The Morgan fingerprint density at radius 1 is 1.13 bits per heavy atom. The molecule has 1 aliphatic heterocycles. The number of carbonyl (C=O) groups is 1. The summed E-state index contributed by atoms with van der Waals surface area (Å²) in [5.74, 6) is 0.0102. The van der Waals surface area contributed by atoms with Gasteiger partial charge in [-0.3, -0.25) is 9.69 Å². The van der Waals surface area contributed by atoms with Crippen LogP contribution < -0.4 is 10.6 Å². The van der Waals surface area contributed by atoms with Gasteiger partial charge in [0.25, 0.3) is 5.91 Å². The van der Waals surface area contributed by atoms with Gasteiger partial charge in [0.1, 0.15) is 0 Å². The molecular weight excluding hydrogens is 284 g/mol. The van der Waals surface area contributed by atoms with Crippen LogP contribution in [-0.2, 0) is 0 Å². The van der Waals surface area contributed by atoms with Crippen molar-refractivity contribution < 1.29 is 4.79 Å². The van der Waals surface area contributed by atoms with E-state index < -0.39 is 0 Å². The predicted octanol–water partition coefficient (Wildman–Crippen LogP) is 4.26. The molecule has 1 atom stereocenters. The molecule has 1 amide bonds. The van der Waals surface area contributed by atoms with Gasteiger partial charge < -0.3 is 5.73 Å². The minimum Gasteiger partial charge on any atom is -0.397 e. The van der Waals surface area contributed by atoms with Crippen molar-refractivity contribution in [3.63, 3.8) is 0 Å². The third-order valence-electron chi connectivity index (χ3n) is 4.41. The van der Waals surface area contributed by atoms with Gasteiger partial charge in [-0.2, -0.15) is 0 Å². The van der Waals surface area contributed by atoms with Crippen molar-refractivity contribution in [2.45, 2.75) is 33.7 Å². The van der Waals surface area contributed by atoms with Crippen LogP contribution in [0.25, 0.3) is 6.08 Å². The van der Waals surface area contributed by atoms with Crippen molar-refractivity contribution in [3.05, 3.63) is 64.2 Å². The van der Waals surface area contributed by atoms with Crippen LogP contribution in [0, 0.1) is 20.8 Å². The number of carbonyl (C=O) groups excluding carboxylic acids is 1. The fourth-order valence-electron chi connectivity index (χ4n) is 3.45. The monoisotopic (exact) mass is 306 g/mol. The molecule has 23 heavy (non-hydrogen) atoms. The Balaban J connectivity index is 2.16. The summed E-state index contributed by atoms with van der Waals surface area (Å²) in [6, 6.07) is 9.84. The number of nitrogen functional groups attached to an aromatic ring is 1. The molecule has 1 unspecified atom stereocenters. The fraction of sp³-hybridized carbons (Fsp3) is 0.250. The Hall–Kier alpha value is -2.55. The van der Waals surface area contributed by atoms with Crippen molar-refractivity contribution in [1.29, 1.82) is 0 Å². The number of aryl methyl sites for hydroxylation is 3. The lowest BCUT2D eigenvalue weighted by Gasteiger charge is -2.33. The predicted molar refractivity (Wildman–Crippen MR) is 96.8 cm³/mol. The molecule has 0 bridgehead atoms. The maximum absolute atomic E-state index is 13.3. The number of nitrogens with zero attached hydrogens (tertiary/aromatic N) is 1. The van der Waals surface area contributed by atoms with Gasteiger partial charge in [0.2, 0.25) is 0 Å². The largest absolute Gasteiger partial charge is 0.397 e. The summed E-state index contributed by atoms with van der Waals surface area (Å²) in [7, 11) is 0. The van der Waals surface area contributed by atoms with Gasteiger partial charge in [-0.05, 0) is 44.9 Å². The van der Waals surface area contributed by atoms with Crippen molar-refractivity contribution >= 4 is 23.4 Å². The van der Waals surface area contributed by atoms with E-state index in [1.165, 1.54) is 5.56 Å². The third kappa shape index (κ3) is 2.52. The molecule has 1 aliphatic rings. The Bertz CT molecular complexity index is 797. The number of amides is 1. The molecular formula is C20H22N2O. The Kier molecular flexibility index (Phi) is 3.72. The maximum Gasteiger partial charge on any atom is 0.259 e. The minimum absolute atomic E-state index is 0.0102. The zero-order valence-corrected chi connectivity index (χ0v) is 14.1. The number of nitrogens with two attached hydrogens (primary N) is 1. The molecule has 2 aromatic carbocycles. The molecule has 118 valence electrons. The topological polar surface area (TPSA) is 46.3 Å². The molecule has 0 saturated heterocycles. The fourth-order valence-corrected chi connectivity index (χ4v) is 3.45. The van der Waals surface area contributed by atoms with E-state index in [1.54, 1.807) is 0 Å². The summed E-state index contributed by atoms with van der Waals surface area (Å²) in [4.78, 5) is 15.1. The highest BCUT2D eigenvalue weighted by Crippen LogP contribution is 2.36. The van der Waals surface area contributed by atoms with E-state index >= 15 is 0 Å². The summed E-state index contributed by atoms with van der Waals surface area (Å²) in [5.41, 5.74) is 12.6. The first-order chi connectivity index (χ1) is 10.9. The second kappa shape index (κ2) is 5.58. The Labute approximate surface area is 137 Å². The van der Waals surface area contributed by atoms with Crippen molar-refractivity contribution in [1.82, 2.24) is 0 Å². The molecule has 0 aliphatic carbocycles. The van der Waals surface area contributed by atoms with E-state index in [4.69, 9.17) is 5.73 Å². The molecule has 1 heterocycles. The van der Waals surface area contributed by atoms with E-state index in [0.717, 1.165) is 27.9 Å². The second-order valence-corrected chi connectivity index (χ2v) is 6.33. The van der Waals surface area contributed by atoms with Crippen LogP contribution in [0.4, 0.5) is 11.4 Å². The van der Waals surface area contributed by atoms with Gasteiger partial charge >= 0.3 is 0 Å². The SMILES string of the molecule is Cc1cc(C)c(C(=O)N2c3c(N)cccc3C=CC2C)c(C)c1. The molecule has 0 radical (unpaired) electrons. The van der Waals surface area contributed by atoms with E-state index in [9.17, 15) is 4.79 Å². The summed E-state index contributed by atoms with van der Waals surface area (Å²) in [6.07, 6.45) is 4.08. The van der Waals surface area contributed by atoms with E-state index in [2.05, 4.69) is 12.1 Å². The van der Waals surface area contributed by atoms with Gasteiger partial charge in [-0.15, -0.1) is 0 Å². The number of hydrogen-bond donors (Lipinski definition) is 1. The van der Waals surface area contributed by atoms with Crippen LogP contribution in [0.15, 0.2) is 36.4 Å². The number of benzene rings is 2. The first kappa shape index (κ1) is 15.3. The lowest BCUT2D eigenvalue weighted by Crippen LogP contribution is -2.40. The number of rotatable bonds is 1. The summed E-state index contributed by atoms with van der Waals surface area (Å²) >= 11 is 0. The zero-order chi connectivity index (χ0) is 16.7. The van der Waals surface area contributed by atoms with Crippen LogP contribution in [-0.4, -0.2) is 11.9 Å². The molecule has 0 fully saturated rings. The van der Waals surface area contributed by atoms with Crippen LogP contribution in [0.1, 0.15) is 39.5 Å². The highest BCUT2D eigenvalue weighted by molar-refractivity contribution is 6.11. The van der Waals surface area contributed by atoms with Crippen molar-refractivity contribution in [3.8, 4) is 0 Å². The lowest BCUT2D eigenvalue weighted by atomic mass is 9.96. The summed E-state index contributed by atoms with van der Waals surface area (Å²) < 4.78 is 0. The highest BCUT2D eigenvalue weighted by Gasteiger charge is 2.29. The first-order valence-electron chi connectivity index (χ1n) is 7.88. The number of fused-ring (bicyclic) bond motifs is 1. The number of hydrogen-bond acceptors (Lipinski definition) is 2.